The van der Waals surface area contributed by atoms with Crippen molar-refractivity contribution in [1.82, 2.24) is 10.2 Å². The Morgan fingerprint density at radius 2 is 1.83 bits per heavy atom. The lowest BCUT2D eigenvalue weighted by atomic mass is 9.99. The van der Waals surface area contributed by atoms with Crippen molar-refractivity contribution in [3.05, 3.63) is 83.6 Å². The summed E-state index contributed by atoms with van der Waals surface area (Å²) in [6.07, 6.45) is 0. The molecule has 1 amide bonds. The molecule has 30 heavy (non-hydrogen) atoms. The Kier molecular flexibility index (Phi) is 4.59. The van der Waals surface area contributed by atoms with Crippen LogP contribution in [-0.4, -0.2) is 16.1 Å². The van der Waals surface area contributed by atoms with Crippen LogP contribution in [0.2, 0.25) is 15.1 Å². The van der Waals surface area contributed by atoms with Crippen LogP contribution in [0.4, 0.5) is 5.13 Å². The minimum absolute atomic E-state index is 0.0428. The molecule has 2 aromatic carbocycles. The maximum Gasteiger partial charge on any atom is 0.297 e. The highest BCUT2D eigenvalue weighted by molar-refractivity contribution is 7.15. The molecule has 5 rings (SSSR count). The second-order valence-corrected chi connectivity index (χ2v) is 9.08. The van der Waals surface area contributed by atoms with Gasteiger partial charge in [-0.05, 0) is 42.8 Å². The van der Waals surface area contributed by atoms with Crippen LogP contribution in [0.1, 0.15) is 32.7 Å². The maximum atomic E-state index is 13.4. The Morgan fingerprint density at radius 1 is 1.03 bits per heavy atom. The van der Waals surface area contributed by atoms with Crippen molar-refractivity contribution < 1.29 is 9.21 Å². The molecular weight excluding hydrogens is 469 g/mol. The third-order valence-electron chi connectivity index (χ3n) is 4.81. The molecule has 2 aromatic heterocycles. The van der Waals surface area contributed by atoms with Crippen LogP contribution < -0.4 is 10.3 Å². The standard InChI is InChI=1S/C20H10Cl3N3O3S/c1-8-24-25-20(30-8)26-16(9-2-4-12(22)13(23)6-9)15-17(27)11-7-10(21)3-5-14(11)29-18(15)19(26)28/h2-7,16H,1H3. The van der Waals surface area contributed by atoms with E-state index in [1.165, 1.54) is 22.3 Å². The van der Waals surface area contributed by atoms with Gasteiger partial charge in [0.25, 0.3) is 5.91 Å². The first-order chi connectivity index (χ1) is 14.3. The monoisotopic (exact) mass is 477 g/mol. The number of carbonyl (C=O) groups is 1. The zero-order valence-corrected chi connectivity index (χ0v) is 18.2. The molecule has 1 aliphatic heterocycles. The van der Waals surface area contributed by atoms with Gasteiger partial charge in [-0.2, -0.15) is 0 Å². The van der Waals surface area contributed by atoms with Crippen LogP contribution in [0.15, 0.2) is 45.6 Å². The third-order valence-corrected chi connectivity index (χ3v) is 6.63. The summed E-state index contributed by atoms with van der Waals surface area (Å²) in [7, 11) is 0. The minimum Gasteiger partial charge on any atom is -0.450 e. The van der Waals surface area contributed by atoms with Crippen molar-refractivity contribution in [3.8, 4) is 0 Å². The fourth-order valence-electron chi connectivity index (χ4n) is 3.52. The second kappa shape index (κ2) is 7.06. The number of carbonyl (C=O) groups excluding carboxylic acids is 1. The second-order valence-electron chi connectivity index (χ2n) is 6.67. The van der Waals surface area contributed by atoms with Gasteiger partial charge in [-0.3, -0.25) is 14.5 Å². The summed E-state index contributed by atoms with van der Waals surface area (Å²) in [4.78, 5) is 28.2. The van der Waals surface area contributed by atoms with Gasteiger partial charge in [0.2, 0.25) is 10.9 Å². The summed E-state index contributed by atoms with van der Waals surface area (Å²) in [5, 5.41) is 10.5. The Bertz CT molecular complexity index is 1420. The van der Waals surface area contributed by atoms with E-state index in [2.05, 4.69) is 10.2 Å². The number of amides is 1. The number of aromatic nitrogens is 2. The number of rotatable bonds is 2. The van der Waals surface area contributed by atoms with Crippen molar-refractivity contribution in [2.75, 3.05) is 4.90 Å². The smallest absolute Gasteiger partial charge is 0.297 e. The van der Waals surface area contributed by atoms with E-state index in [0.29, 0.717) is 30.8 Å². The average molecular weight is 479 g/mol. The largest absolute Gasteiger partial charge is 0.450 e. The highest BCUT2D eigenvalue weighted by Gasteiger charge is 2.45. The lowest BCUT2D eigenvalue weighted by Crippen LogP contribution is -2.29. The average Bonchev–Trinajstić information content (AvgIpc) is 3.26. The molecule has 0 saturated heterocycles. The molecule has 0 radical (unpaired) electrons. The van der Waals surface area contributed by atoms with Crippen molar-refractivity contribution in [3.63, 3.8) is 0 Å². The van der Waals surface area contributed by atoms with E-state index in [1.54, 1.807) is 37.3 Å². The molecule has 1 unspecified atom stereocenters. The number of fused-ring (bicyclic) bond motifs is 2. The molecule has 0 fully saturated rings. The summed E-state index contributed by atoms with van der Waals surface area (Å²) in [5.74, 6) is -0.523. The molecule has 1 atom stereocenters. The fraction of sp³-hybridized carbons (Fsp3) is 0.100. The van der Waals surface area contributed by atoms with Gasteiger partial charge in [0, 0.05) is 5.02 Å². The summed E-state index contributed by atoms with van der Waals surface area (Å²) in [5.41, 5.74) is 0.723. The molecular formula is C20H10Cl3N3O3S. The summed E-state index contributed by atoms with van der Waals surface area (Å²) in [6, 6.07) is 8.85. The molecule has 0 aliphatic carbocycles. The van der Waals surface area contributed by atoms with Crippen molar-refractivity contribution >= 4 is 68.1 Å². The maximum absolute atomic E-state index is 13.4. The SMILES string of the molecule is Cc1nnc(N2C(=O)c3oc4ccc(Cl)cc4c(=O)c3C2c2ccc(Cl)c(Cl)c2)s1. The topological polar surface area (TPSA) is 76.3 Å². The molecule has 1 aliphatic rings. The number of halogens is 3. The van der Waals surface area contributed by atoms with Gasteiger partial charge in [-0.25, -0.2) is 0 Å². The van der Waals surface area contributed by atoms with E-state index < -0.39 is 11.9 Å². The van der Waals surface area contributed by atoms with E-state index in [4.69, 9.17) is 39.2 Å². The number of hydrogen-bond donors (Lipinski definition) is 0. The quantitative estimate of drug-likeness (QED) is 0.371. The molecule has 4 aromatic rings. The van der Waals surface area contributed by atoms with Crippen LogP contribution in [0.25, 0.3) is 11.0 Å². The zero-order chi connectivity index (χ0) is 21.2. The normalized spacial score (nSPS) is 15.8. The van der Waals surface area contributed by atoms with Gasteiger partial charge < -0.3 is 4.42 Å². The van der Waals surface area contributed by atoms with Crippen LogP contribution >= 0.6 is 46.1 Å². The molecule has 0 N–H and O–H groups in total. The van der Waals surface area contributed by atoms with Crippen LogP contribution in [0, 0.1) is 6.92 Å². The summed E-state index contributed by atoms with van der Waals surface area (Å²) < 4.78 is 5.86. The van der Waals surface area contributed by atoms with E-state index in [0.717, 1.165) is 0 Å². The van der Waals surface area contributed by atoms with E-state index in [1.807, 2.05) is 0 Å². The van der Waals surface area contributed by atoms with Gasteiger partial charge in [0.05, 0.1) is 27.0 Å². The van der Waals surface area contributed by atoms with Gasteiger partial charge in [0.1, 0.15) is 10.6 Å². The van der Waals surface area contributed by atoms with E-state index in [9.17, 15) is 9.59 Å². The van der Waals surface area contributed by atoms with Gasteiger partial charge >= 0.3 is 0 Å². The number of hydrogen-bond acceptors (Lipinski definition) is 6. The predicted molar refractivity (Wildman–Crippen MR) is 117 cm³/mol. The number of anilines is 1. The molecule has 150 valence electrons. The highest BCUT2D eigenvalue weighted by Crippen LogP contribution is 2.43. The van der Waals surface area contributed by atoms with Crippen molar-refractivity contribution in [1.29, 1.82) is 0 Å². The minimum atomic E-state index is -0.797. The van der Waals surface area contributed by atoms with E-state index in [-0.39, 0.29) is 27.7 Å². The van der Waals surface area contributed by atoms with Gasteiger partial charge in [-0.15, -0.1) is 10.2 Å². The predicted octanol–water partition coefficient (Wildman–Crippen LogP) is 5.66. The van der Waals surface area contributed by atoms with Gasteiger partial charge in [-0.1, -0.05) is 52.2 Å². The Balaban J connectivity index is 1.84. The van der Waals surface area contributed by atoms with Crippen LogP contribution in [0.3, 0.4) is 0 Å². The Morgan fingerprint density at radius 3 is 2.53 bits per heavy atom. The van der Waals surface area contributed by atoms with Crippen LogP contribution in [0.5, 0.6) is 0 Å². The molecule has 3 heterocycles. The van der Waals surface area contributed by atoms with Crippen LogP contribution in [-0.2, 0) is 0 Å². The number of benzene rings is 2. The zero-order valence-electron chi connectivity index (χ0n) is 15.1. The fourth-order valence-corrected chi connectivity index (χ4v) is 4.72. The van der Waals surface area contributed by atoms with Crippen molar-refractivity contribution in [2.45, 2.75) is 13.0 Å². The molecule has 0 bridgehead atoms. The Labute approximate surface area is 188 Å². The van der Waals surface area contributed by atoms with Crippen molar-refractivity contribution in [2.24, 2.45) is 0 Å². The number of nitrogens with zero attached hydrogens (tertiary/aromatic N) is 3. The number of aryl methyl sites for hydroxylation is 1. The van der Waals surface area contributed by atoms with Gasteiger partial charge in [0.15, 0.2) is 5.43 Å². The van der Waals surface area contributed by atoms with E-state index >= 15 is 0 Å². The summed E-state index contributed by atoms with van der Waals surface area (Å²) in [6.45, 7) is 1.78. The molecule has 0 spiro atoms. The molecule has 10 heteroatoms. The first-order valence-corrected chi connectivity index (χ1v) is 10.6. The molecule has 0 saturated carbocycles. The highest BCUT2D eigenvalue weighted by atomic mass is 35.5. The Hall–Kier alpha value is -2.45. The first-order valence-electron chi connectivity index (χ1n) is 8.70. The first kappa shape index (κ1) is 19.5. The lowest BCUT2D eigenvalue weighted by molar-refractivity contribution is 0.0970. The summed E-state index contributed by atoms with van der Waals surface area (Å²) >= 11 is 19.6. The lowest BCUT2D eigenvalue weighted by Gasteiger charge is -2.22. The third kappa shape index (κ3) is 2.93. The molecule has 6 nitrogen and oxygen atoms in total.